The van der Waals surface area contributed by atoms with Crippen LogP contribution in [0.15, 0.2) is 12.1 Å². The van der Waals surface area contributed by atoms with Crippen LogP contribution < -0.4 is 0 Å². The Labute approximate surface area is 108 Å². The Morgan fingerprint density at radius 3 is 2.59 bits per heavy atom. The third kappa shape index (κ3) is 2.05. The second-order valence-corrected chi connectivity index (χ2v) is 5.36. The Balaban J connectivity index is 2.57. The fraction of sp³-hybridized carbons (Fsp3) is 0.333. The lowest BCUT2D eigenvalue weighted by Crippen LogP contribution is -2.23. The van der Waals surface area contributed by atoms with Crippen molar-refractivity contribution in [2.45, 2.75) is 25.2 Å². The van der Waals surface area contributed by atoms with Gasteiger partial charge in [-0.2, -0.15) is 0 Å². The van der Waals surface area contributed by atoms with E-state index < -0.39 is 11.4 Å². The number of carboxylic acids is 1. The molecule has 0 saturated carbocycles. The van der Waals surface area contributed by atoms with Gasteiger partial charge in [0.15, 0.2) is 5.78 Å². The summed E-state index contributed by atoms with van der Waals surface area (Å²) in [6.07, 6.45) is 0.0923. The molecule has 1 aromatic rings. The Bertz CT molecular complexity index is 525. The maximum absolute atomic E-state index is 11.8. The van der Waals surface area contributed by atoms with E-state index in [-0.39, 0.29) is 18.6 Å². The second-order valence-electron chi connectivity index (χ2n) is 4.54. The van der Waals surface area contributed by atoms with Crippen molar-refractivity contribution in [1.29, 1.82) is 0 Å². The van der Waals surface area contributed by atoms with Crippen LogP contribution in [0.4, 0.5) is 0 Å². The maximum atomic E-state index is 11.8. The van der Waals surface area contributed by atoms with E-state index in [4.69, 9.17) is 28.3 Å². The van der Waals surface area contributed by atoms with Gasteiger partial charge in [-0.25, -0.2) is 0 Å². The van der Waals surface area contributed by atoms with Crippen LogP contribution in [0, 0.1) is 0 Å². The third-order valence-corrected chi connectivity index (χ3v) is 3.83. The van der Waals surface area contributed by atoms with Crippen molar-refractivity contribution in [2.24, 2.45) is 0 Å². The van der Waals surface area contributed by atoms with Crippen molar-refractivity contribution in [3.05, 3.63) is 33.3 Å². The number of carbonyl (C=O) groups excluding carboxylic acids is 1. The van der Waals surface area contributed by atoms with Gasteiger partial charge < -0.3 is 5.11 Å². The first-order chi connectivity index (χ1) is 7.83. The van der Waals surface area contributed by atoms with Crippen LogP contribution >= 0.6 is 23.2 Å². The van der Waals surface area contributed by atoms with Crippen LogP contribution in [0.5, 0.6) is 0 Å². The molecule has 0 heterocycles. The summed E-state index contributed by atoms with van der Waals surface area (Å²) in [6, 6.07) is 3.13. The van der Waals surface area contributed by atoms with E-state index in [1.54, 1.807) is 13.0 Å². The summed E-state index contributed by atoms with van der Waals surface area (Å²) >= 11 is 11.8. The molecule has 1 atom stereocenters. The summed E-state index contributed by atoms with van der Waals surface area (Å²) in [5.41, 5.74) is 0.481. The lowest BCUT2D eigenvalue weighted by molar-refractivity contribution is -0.138. The third-order valence-electron chi connectivity index (χ3n) is 3.10. The predicted molar refractivity (Wildman–Crippen MR) is 65.0 cm³/mol. The number of rotatable bonds is 2. The minimum atomic E-state index is -0.931. The highest BCUT2D eigenvalue weighted by Gasteiger charge is 2.41. The topological polar surface area (TPSA) is 54.4 Å². The molecular weight excluding hydrogens is 263 g/mol. The Morgan fingerprint density at radius 2 is 2.00 bits per heavy atom. The first-order valence-electron chi connectivity index (χ1n) is 5.08. The van der Waals surface area contributed by atoms with Crippen LogP contribution in [0.1, 0.15) is 35.7 Å². The molecule has 0 spiro atoms. The molecule has 5 heteroatoms. The molecule has 1 aliphatic carbocycles. The minimum absolute atomic E-state index is 0.0812. The summed E-state index contributed by atoms with van der Waals surface area (Å²) < 4.78 is 0. The highest BCUT2D eigenvalue weighted by atomic mass is 35.5. The summed E-state index contributed by atoms with van der Waals surface area (Å²) in [7, 11) is 0. The van der Waals surface area contributed by atoms with Crippen molar-refractivity contribution in [1.82, 2.24) is 0 Å². The highest BCUT2D eigenvalue weighted by Crippen LogP contribution is 2.44. The highest BCUT2D eigenvalue weighted by molar-refractivity contribution is 6.42. The van der Waals surface area contributed by atoms with Gasteiger partial charge >= 0.3 is 5.97 Å². The number of Topliss-reactive ketones (excluding diaryl/α,β-unsaturated/α-hetero) is 1. The number of halogens is 2. The van der Waals surface area contributed by atoms with Crippen LogP contribution in [-0.2, 0) is 10.2 Å². The summed E-state index contributed by atoms with van der Waals surface area (Å²) in [4.78, 5) is 22.7. The summed E-state index contributed by atoms with van der Waals surface area (Å²) in [5, 5.41) is 9.57. The van der Waals surface area contributed by atoms with Gasteiger partial charge in [0.05, 0.1) is 16.5 Å². The number of ketones is 1. The molecule has 0 amide bonds. The normalized spacial score (nSPS) is 22.6. The largest absolute Gasteiger partial charge is 0.481 e. The molecular formula is C12H10Cl2O3. The zero-order valence-electron chi connectivity index (χ0n) is 9.09. The van der Waals surface area contributed by atoms with E-state index in [1.807, 2.05) is 0 Å². The Hall–Kier alpha value is -1.06. The van der Waals surface area contributed by atoms with E-state index in [0.717, 1.165) is 0 Å². The van der Waals surface area contributed by atoms with Gasteiger partial charge in [-0.15, -0.1) is 0 Å². The van der Waals surface area contributed by atoms with Crippen molar-refractivity contribution in [2.75, 3.05) is 0 Å². The van der Waals surface area contributed by atoms with Crippen LogP contribution in [0.2, 0.25) is 10.0 Å². The SMILES string of the molecule is CC1(CC(=O)O)CC(=O)c2cc(Cl)c(Cl)cc21. The molecule has 2 rings (SSSR count). The zero-order valence-corrected chi connectivity index (χ0v) is 10.6. The number of carbonyl (C=O) groups is 2. The molecule has 0 aliphatic heterocycles. The molecule has 1 N–H and O–H groups in total. The van der Waals surface area contributed by atoms with Crippen LogP contribution in [-0.4, -0.2) is 16.9 Å². The van der Waals surface area contributed by atoms with E-state index >= 15 is 0 Å². The maximum Gasteiger partial charge on any atom is 0.304 e. The molecule has 17 heavy (non-hydrogen) atoms. The van der Waals surface area contributed by atoms with Gasteiger partial charge in [0, 0.05) is 17.4 Å². The molecule has 0 bridgehead atoms. The van der Waals surface area contributed by atoms with E-state index in [0.29, 0.717) is 21.2 Å². The average Bonchev–Trinajstić information content (AvgIpc) is 2.40. The quantitative estimate of drug-likeness (QED) is 0.899. The molecule has 0 fully saturated rings. The number of hydrogen-bond acceptors (Lipinski definition) is 2. The molecule has 90 valence electrons. The van der Waals surface area contributed by atoms with Gasteiger partial charge in [-0.3, -0.25) is 9.59 Å². The molecule has 1 aliphatic rings. The van der Waals surface area contributed by atoms with Crippen molar-refractivity contribution in [3.8, 4) is 0 Å². The number of hydrogen-bond donors (Lipinski definition) is 1. The van der Waals surface area contributed by atoms with E-state index in [2.05, 4.69) is 0 Å². The molecule has 1 unspecified atom stereocenters. The molecule has 1 aromatic carbocycles. The fourth-order valence-electron chi connectivity index (χ4n) is 2.31. The fourth-order valence-corrected chi connectivity index (χ4v) is 2.64. The molecule has 0 saturated heterocycles. The molecule has 0 aromatic heterocycles. The average molecular weight is 273 g/mol. The first kappa shape index (κ1) is 12.4. The summed E-state index contributed by atoms with van der Waals surface area (Å²) in [6.45, 7) is 1.76. The van der Waals surface area contributed by atoms with Gasteiger partial charge in [0.2, 0.25) is 0 Å². The number of carboxylic acid groups (broad SMARTS) is 1. The zero-order chi connectivity index (χ0) is 12.8. The Kier molecular flexibility index (Phi) is 2.92. The standard InChI is InChI=1S/C12H10Cl2O3/c1-12(5-11(16)17)4-10(15)6-2-8(13)9(14)3-7(6)12/h2-3H,4-5H2,1H3,(H,16,17). The number of benzene rings is 1. The van der Waals surface area contributed by atoms with Crippen molar-refractivity contribution in [3.63, 3.8) is 0 Å². The van der Waals surface area contributed by atoms with Crippen molar-refractivity contribution < 1.29 is 14.7 Å². The lowest BCUT2D eigenvalue weighted by Gasteiger charge is -2.22. The smallest absolute Gasteiger partial charge is 0.304 e. The first-order valence-corrected chi connectivity index (χ1v) is 5.83. The van der Waals surface area contributed by atoms with Crippen LogP contribution in [0.25, 0.3) is 0 Å². The minimum Gasteiger partial charge on any atom is -0.481 e. The monoisotopic (exact) mass is 272 g/mol. The molecule has 0 radical (unpaired) electrons. The second kappa shape index (κ2) is 4.00. The number of fused-ring (bicyclic) bond motifs is 1. The summed E-state index contributed by atoms with van der Waals surface area (Å²) in [5.74, 6) is -1.01. The predicted octanol–water partition coefficient (Wildman–Crippen LogP) is 3.31. The number of aliphatic carboxylic acids is 1. The Morgan fingerprint density at radius 1 is 1.41 bits per heavy atom. The van der Waals surface area contributed by atoms with Gasteiger partial charge in [-0.05, 0) is 17.7 Å². The van der Waals surface area contributed by atoms with Crippen LogP contribution in [0.3, 0.4) is 0 Å². The van der Waals surface area contributed by atoms with Gasteiger partial charge in [-0.1, -0.05) is 30.1 Å². The lowest BCUT2D eigenvalue weighted by atomic mass is 9.81. The molecule has 3 nitrogen and oxygen atoms in total. The van der Waals surface area contributed by atoms with Gasteiger partial charge in [0.1, 0.15) is 0 Å². The van der Waals surface area contributed by atoms with E-state index in [9.17, 15) is 9.59 Å². The van der Waals surface area contributed by atoms with E-state index in [1.165, 1.54) is 6.07 Å². The van der Waals surface area contributed by atoms with Gasteiger partial charge in [0.25, 0.3) is 0 Å². The van der Waals surface area contributed by atoms with Crippen molar-refractivity contribution >= 4 is 35.0 Å².